The first-order valence-corrected chi connectivity index (χ1v) is 6.52. The molecule has 0 aliphatic carbocycles. The highest BCUT2D eigenvalue weighted by Gasteiger charge is 2.40. The van der Waals surface area contributed by atoms with Crippen LogP contribution < -0.4 is 0 Å². The van der Waals surface area contributed by atoms with Crippen LogP contribution in [0.1, 0.15) is 31.0 Å². The van der Waals surface area contributed by atoms with Crippen LogP contribution in [-0.2, 0) is 16.1 Å². The molecule has 0 spiro atoms. The van der Waals surface area contributed by atoms with Gasteiger partial charge in [-0.05, 0) is 26.2 Å². The molecule has 3 heterocycles. The summed E-state index contributed by atoms with van der Waals surface area (Å²) in [6, 6.07) is -0.293. The van der Waals surface area contributed by atoms with Crippen LogP contribution in [0.4, 0.5) is 0 Å². The molecule has 2 amide bonds. The fraction of sp³-hybridized carbons (Fsp3) is 0.667. The predicted octanol–water partition coefficient (Wildman–Crippen LogP) is 0.101. The number of fused-ring (bicyclic) bond motifs is 1. The molecule has 19 heavy (non-hydrogen) atoms. The van der Waals surface area contributed by atoms with E-state index < -0.39 is 0 Å². The first-order valence-electron chi connectivity index (χ1n) is 6.52. The minimum atomic E-state index is -0.293. The normalized spacial score (nSPS) is 23.7. The second-order valence-corrected chi connectivity index (χ2v) is 5.03. The number of piperazine rings is 1. The summed E-state index contributed by atoms with van der Waals surface area (Å²) < 4.78 is 5.01. The van der Waals surface area contributed by atoms with Crippen molar-refractivity contribution in [3.63, 3.8) is 0 Å². The molecule has 0 bridgehead atoms. The zero-order chi connectivity index (χ0) is 13.4. The number of aryl methyl sites for hydroxylation is 1. The molecular formula is C12H16N4O3. The molecule has 0 radical (unpaired) electrons. The molecule has 2 aliphatic rings. The fourth-order valence-corrected chi connectivity index (χ4v) is 2.73. The van der Waals surface area contributed by atoms with E-state index in [0.29, 0.717) is 18.3 Å². The van der Waals surface area contributed by atoms with Gasteiger partial charge in [0.2, 0.25) is 17.7 Å². The summed E-state index contributed by atoms with van der Waals surface area (Å²) in [5.74, 6) is 0.920. The van der Waals surface area contributed by atoms with E-state index in [4.69, 9.17) is 4.52 Å². The fourth-order valence-electron chi connectivity index (χ4n) is 2.73. The number of carbonyl (C=O) groups is 2. The average Bonchev–Trinajstić information content (AvgIpc) is 2.81. The van der Waals surface area contributed by atoms with Crippen molar-refractivity contribution >= 4 is 11.8 Å². The number of aromatic nitrogens is 2. The lowest BCUT2D eigenvalue weighted by Crippen LogP contribution is -2.60. The van der Waals surface area contributed by atoms with Crippen molar-refractivity contribution in [3.8, 4) is 0 Å². The van der Waals surface area contributed by atoms with Crippen LogP contribution in [0.3, 0.4) is 0 Å². The van der Waals surface area contributed by atoms with Gasteiger partial charge in [-0.1, -0.05) is 5.16 Å². The van der Waals surface area contributed by atoms with Crippen LogP contribution >= 0.6 is 0 Å². The molecule has 7 nitrogen and oxygen atoms in total. The van der Waals surface area contributed by atoms with Gasteiger partial charge in [-0.3, -0.25) is 9.59 Å². The first-order chi connectivity index (χ1) is 9.15. The first kappa shape index (κ1) is 12.1. The smallest absolute Gasteiger partial charge is 0.246 e. The molecule has 1 aromatic heterocycles. The number of piperidine rings is 1. The summed E-state index contributed by atoms with van der Waals surface area (Å²) in [5, 5.41) is 3.69. The molecule has 7 heteroatoms. The summed E-state index contributed by atoms with van der Waals surface area (Å²) in [6.45, 7) is 2.74. The van der Waals surface area contributed by atoms with Crippen molar-refractivity contribution in [1.29, 1.82) is 0 Å². The second kappa shape index (κ2) is 4.64. The van der Waals surface area contributed by atoms with Gasteiger partial charge in [0, 0.05) is 6.54 Å². The Morgan fingerprint density at radius 1 is 1.37 bits per heavy atom. The van der Waals surface area contributed by atoms with Crippen LogP contribution in [0, 0.1) is 6.92 Å². The Morgan fingerprint density at radius 2 is 2.21 bits per heavy atom. The van der Waals surface area contributed by atoms with Gasteiger partial charge in [0.1, 0.15) is 19.1 Å². The van der Waals surface area contributed by atoms with Gasteiger partial charge in [-0.2, -0.15) is 4.98 Å². The van der Waals surface area contributed by atoms with Crippen molar-refractivity contribution < 1.29 is 14.1 Å². The molecule has 2 saturated heterocycles. The lowest BCUT2D eigenvalue weighted by atomic mass is 9.98. The van der Waals surface area contributed by atoms with Gasteiger partial charge in [0.15, 0.2) is 5.82 Å². The molecular weight excluding hydrogens is 248 g/mol. The lowest BCUT2D eigenvalue weighted by molar-refractivity contribution is -0.158. The molecule has 0 saturated carbocycles. The van der Waals surface area contributed by atoms with Crippen LogP contribution in [0.25, 0.3) is 0 Å². The number of amides is 2. The molecule has 1 unspecified atom stereocenters. The molecule has 102 valence electrons. The van der Waals surface area contributed by atoms with Gasteiger partial charge in [0.25, 0.3) is 0 Å². The van der Waals surface area contributed by atoms with Gasteiger partial charge >= 0.3 is 0 Å². The Balaban J connectivity index is 1.75. The molecule has 1 atom stereocenters. The zero-order valence-electron chi connectivity index (χ0n) is 10.8. The molecule has 0 aromatic carbocycles. The Bertz CT molecular complexity index is 513. The maximum Gasteiger partial charge on any atom is 0.246 e. The third-order valence-corrected chi connectivity index (χ3v) is 3.64. The van der Waals surface area contributed by atoms with Crippen LogP contribution in [0.15, 0.2) is 4.52 Å². The number of hydrogen-bond donors (Lipinski definition) is 0. The Labute approximate surface area is 110 Å². The third kappa shape index (κ3) is 2.20. The maximum atomic E-state index is 12.4. The largest absolute Gasteiger partial charge is 0.337 e. The topological polar surface area (TPSA) is 79.5 Å². The quantitative estimate of drug-likeness (QED) is 0.757. The van der Waals surface area contributed by atoms with E-state index in [1.807, 2.05) is 0 Å². The van der Waals surface area contributed by atoms with E-state index in [1.54, 1.807) is 11.8 Å². The van der Waals surface area contributed by atoms with Crippen LogP contribution in [0.5, 0.6) is 0 Å². The van der Waals surface area contributed by atoms with E-state index in [-0.39, 0.29) is 30.9 Å². The number of hydrogen-bond acceptors (Lipinski definition) is 5. The summed E-state index contributed by atoms with van der Waals surface area (Å²) >= 11 is 0. The molecule has 2 fully saturated rings. The molecule has 1 aromatic rings. The number of nitrogens with zero attached hydrogens (tertiary/aromatic N) is 4. The minimum Gasteiger partial charge on any atom is -0.337 e. The molecule has 0 N–H and O–H groups in total. The van der Waals surface area contributed by atoms with Crippen molar-refractivity contribution in [2.45, 2.75) is 38.8 Å². The monoisotopic (exact) mass is 264 g/mol. The van der Waals surface area contributed by atoms with Crippen LogP contribution in [0.2, 0.25) is 0 Å². The zero-order valence-corrected chi connectivity index (χ0v) is 10.8. The number of carbonyl (C=O) groups excluding carboxylic acids is 2. The highest BCUT2D eigenvalue weighted by Crippen LogP contribution is 2.23. The third-order valence-electron chi connectivity index (χ3n) is 3.64. The maximum absolute atomic E-state index is 12.4. The van der Waals surface area contributed by atoms with Crippen molar-refractivity contribution in [2.75, 3.05) is 13.1 Å². The second-order valence-electron chi connectivity index (χ2n) is 5.03. The van der Waals surface area contributed by atoms with Crippen molar-refractivity contribution in [3.05, 3.63) is 11.7 Å². The van der Waals surface area contributed by atoms with E-state index >= 15 is 0 Å². The molecule has 3 rings (SSSR count). The Hall–Kier alpha value is -1.92. The van der Waals surface area contributed by atoms with E-state index in [2.05, 4.69) is 10.1 Å². The minimum absolute atomic E-state index is 0.00449. The predicted molar refractivity (Wildman–Crippen MR) is 63.8 cm³/mol. The van der Waals surface area contributed by atoms with Gasteiger partial charge in [-0.15, -0.1) is 0 Å². The SMILES string of the molecule is Cc1noc(CN2CC(=O)N3CCCCC3C2=O)n1. The van der Waals surface area contributed by atoms with Gasteiger partial charge in [0.05, 0.1) is 0 Å². The molecule has 2 aliphatic heterocycles. The number of rotatable bonds is 2. The summed E-state index contributed by atoms with van der Waals surface area (Å²) in [6.07, 6.45) is 2.73. The summed E-state index contributed by atoms with van der Waals surface area (Å²) in [4.78, 5) is 31.7. The van der Waals surface area contributed by atoms with E-state index in [9.17, 15) is 9.59 Å². The lowest BCUT2D eigenvalue weighted by Gasteiger charge is -2.42. The van der Waals surface area contributed by atoms with Gasteiger partial charge in [-0.25, -0.2) is 0 Å². The van der Waals surface area contributed by atoms with Crippen LogP contribution in [-0.4, -0.2) is 50.9 Å². The summed E-state index contributed by atoms with van der Waals surface area (Å²) in [7, 11) is 0. The Morgan fingerprint density at radius 3 is 2.95 bits per heavy atom. The highest BCUT2D eigenvalue weighted by molar-refractivity contribution is 5.94. The van der Waals surface area contributed by atoms with E-state index in [0.717, 1.165) is 19.3 Å². The van der Waals surface area contributed by atoms with E-state index in [1.165, 1.54) is 4.90 Å². The van der Waals surface area contributed by atoms with Crippen molar-refractivity contribution in [2.24, 2.45) is 0 Å². The van der Waals surface area contributed by atoms with Gasteiger partial charge < -0.3 is 14.3 Å². The average molecular weight is 264 g/mol. The summed E-state index contributed by atoms with van der Waals surface area (Å²) in [5.41, 5.74) is 0. The highest BCUT2D eigenvalue weighted by atomic mass is 16.5. The van der Waals surface area contributed by atoms with Crippen molar-refractivity contribution in [1.82, 2.24) is 19.9 Å². The standard InChI is InChI=1S/C12H16N4O3/c1-8-13-10(19-14-8)6-15-7-11(17)16-5-3-2-4-9(16)12(15)18/h9H,2-7H2,1H3. The Kier molecular flexibility index (Phi) is 2.96.